The molecule has 0 aliphatic carbocycles. The van der Waals surface area contributed by atoms with Gasteiger partial charge in [0.25, 0.3) is 0 Å². The fourth-order valence-electron chi connectivity index (χ4n) is 3.81. The van der Waals surface area contributed by atoms with Crippen molar-refractivity contribution < 1.29 is 9.53 Å². The van der Waals surface area contributed by atoms with Crippen molar-refractivity contribution in [2.45, 2.75) is 64.8 Å². The summed E-state index contributed by atoms with van der Waals surface area (Å²) in [6.45, 7) is 10.1. The Morgan fingerprint density at radius 3 is 2.67 bits per heavy atom. The van der Waals surface area contributed by atoms with Crippen LogP contribution in [0.1, 0.15) is 41.8 Å². The van der Waals surface area contributed by atoms with Crippen molar-refractivity contribution in [1.82, 2.24) is 9.55 Å². The molecule has 30 heavy (non-hydrogen) atoms. The van der Waals surface area contributed by atoms with Crippen LogP contribution in [0.4, 0.5) is 5.69 Å². The topological polar surface area (TPSA) is 71.2 Å². The lowest BCUT2D eigenvalue weighted by molar-refractivity contribution is -0.116. The lowest BCUT2D eigenvalue weighted by atomic mass is 10.1. The van der Waals surface area contributed by atoms with Crippen molar-refractivity contribution in [3.63, 3.8) is 0 Å². The Morgan fingerprint density at radius 2 is 2.03 bits per heavy atom. The van der Waals surface area contributed by atoms with E-state index in [4.69, 9.17) is 15.0 Å². The van der Waals surface area contributed by atoms with Gasteiger partial charge in [-0.3, -0.25) is 4.79 Å². The third-order valence-electron chi connectivity index (χ3n) is 5.42. The zero-order valence-electron chi connectivity index (χ0n) is 18.3. The average molecular weight is 427 g/mol. The second-order valence-corrected chi connectivity index (χ2v) is 8.84. The molecule has 1 atom stereocenters. The Balaban J connectivity index is 1.75. The van der Waals surface area contributed by atoms with Gasteiger partial charge in [-0.1, -0.05) is 17.8 Å². The molecule has 2 heterocycles. The minimum atomic E-state index is -0.0118. The number of anilines is 1. The lowest BCUT2D eigenvalue weighted by Crippen LogP contribution is -2.33. The number of nitrogens with zero attached hydrogens (tertiary/aromatic N) is 4. The fourth-order valence-corrected chi connectivity index (χ4v) is 4.79. The van der Waals surface area contributed by atoms with Crippen LogP contribution in [-0.4, -0.2) is 40.5 Å². The van der Waals surface area contributed by atoms with E-state index < -0.39 is 0 Å². The van der Waals surface area contributed by atoms with Crippen LogP contribution in [0.15, 0.2) is 23.4 Å². The number of benzene rings is 1. The summed E-state index contributed by atoms with van der Waals surface area (Å²) >= 11 is 1.46. The van der Waals surface area contributed by atoms with Gasteiger partial charge in [0, 0.05) is 24.5 Å². The first-order valence-corrected chi connectivity index (χ1v) is 11.4. The summed E-state index contributed by atoms with van der Waals surface area (Å²) in [5.74, 6) is 0.266. The van der Waals surface area contributed by atoms with E-state index in [9.17, 15) is 4.79 Å². The minimum Gasteiger partial charge on any atom is -0.376 e. The first-order chi connectivity index (χ1) is 14.4. The summed E-state index contributed by atoms with van der Waals surface area (Å²) in [7, 11) is 0. The number of thioether (sulfide) groups is 1. The van der Waals surface area contributed by atoms with Crippen LogP contribution in [-0.2, 0) is 16.1 Å². The minimum absolute atomic E-state index is 0.0118. The maximum Gasteiger partial charge on any atom is 0.237 e. The highest BCUT2D eigenvalue weighted by atomic mass is 32.2. The van der Waals surface area contributed by atoms with Crippen molar-refractivity contribution in [1.29, 1.82) is 5.26 Å². The van der Waals surface area contributed by atoms with Crippen LogP contribution in [0.3, 0.4) is 0 Å². The van der Waals surface area contributed by atoms with Gasteiger partial charge in [0.15, 0.2) is 5.16 Å². The van der Waals surface area contributed by atoms with Crippen LogP contribution in [0.5, 0.6) is 0 Å². The fraction of sp³-hybridized carbons (Fsp3) is 0.522. The van der Waals surface area contributed by atoms with Gasteiger partial charge in [0.2, 0.25) is 5.91 Å². The number of rotatable bonds is 8. The Bertz CT molecular complexity index is 921. The SMILES string of the molecule is Cc1cc(C)cc(N(CCC#N)C(=O)CSc2nc(C)c(C)n2CC2CCCO2)c1. The van der Waals surface area contributed by atoms with Crippen molar-refractivity contribution in [3.05, 3.63) is 40.7 Å². The van der Waals surface area contributed by atoms with E-state index in [0.29, 0.717) is 13.0 Å². The molecule has 1 aromatic carbocycles. The molecule has 0 spiro atoms. The first kappa shape index (κ1) is 22.4. The molecule has 3 rings (SSSR count). The largest absolute Gasteiger partial charge is 0.376 e. The van der Waals surface area contributed by atoms with Gasteiger partial charge in [-0.05, 0) is 63.8 Å². The first-order valence-electron chi connectivity index (χ1n) is 10.4. The molecule has 1 aliphatic heterocycles. The molecule has 0 radical (unpaired) electrons. The number of carbonyl (C=O) groups is 1. The summed E-state index contributed by atoms with van der Waals surface area (Å²) in [6, 6.07) is 8.24. The molecule has 0 N–H and O–H groups in total. The molecule has 6 nitrogen and oxygen atoms in total. The van der Waals surface area contributed by atoms with Crippen LogP contribution in [0.25, 0.3) is 0 Å². The highest BCUT2D eigenvalue weighted by Gasteiger charge is 2.22. The second kappa shape index (κ2) is 10.1. The summed E-state index contributed by atoms with van der Waals surface area (Å²) in [5, 5.41) is 9.90. The third kappa shape index (κ3) is 5.44. The maximum absolute atomic E-state index is 13.1. The number of carbonyl (C=O) groups excluding carboxylic acids is 1. The molecule has 0 saturated carbocycles. The number of hydrogen-bond acceptors (Lipinski definition) is 5. The molecule has 1 fully saturated rings. The van der Waals surface area contributed by atoms with E-state index >= 15 is 0 Å². The van der Waals surface area contributed by atoms with Crippen molar-refractivity contribution in [2.75, 3.05) is 23.8 Å². The molecule has 7 heteroatoms. The monoisotopic (exact) mass is 426 g/mol. The molecule has 1 amide bonds. The predicted molar refractivity (Wildman–Crippen MR) is 120 cm³/mol. The van der Waals surface area contributed by atoms with Crippen molar-refractivity contribution in [3.8, 4) is 6.07 Å². The smallest absolute Gasteiger partial charge is 0.237 e. The van der Waals surface area contributed by atoms with E-state index in [-0.39, 0.29) is 17.8 Å². The summed E-state index contributed by atoms with van der Waals surface area (Å²) in [6.07, 6.45) is 2.68. The quantitative estimate of drug-likeness (QED) is 0.588. The standard InChI is InChI=1S/C23H30N4O2S/c1-16-11-17(2)13-20(12-16)26(9-6-8-24)22(28)15-30-23-25-18(3)19(4)27(23)14-21-7-5-10-29-21/h11-13,21H,5-7,9-10,14-15H2,1-4H3. The highest BCUT2D eigenvalue weighted by molar-refractivity contribution is 7.99. The number of amides is 1. The molecule has 0 bridgehead atoms. The summed E-state index contributed by atoms with van der Waals surface area (Å²) < 4.78 is 7.98. The molecular formula is C23H30N4O2S. The number of aryl methyl sites for hydroxylation is 3. The van der Waals surface area contributed by atoms with E-state index in [0.717, 1.165) is 59.4 Å². The molecule has 1 unspecified atom stereocenters. The molecule has 1 saturated heterocycles. The molecule has 160 valence electrons. The zero-order valence-corrected chi connectivity index (χ0v) is 19.1. The van der Waals surface area contributed by atoms with Gasteiger partial charge in [-0.25, -0.2) is 4.98 Å². The van der Waals surface area contributed by atoms with Crippen molar-refractivity contribution >= 4 is 23.4 Å². The van der Waals surface area contributed by atoms with Gasteiger partial charge in [0.1, 0.15) is 0 Å². The van der Waals surface area contributed by atoms with Crippen LogP contribution < -0.4 is 4.90 Å². The number of imidazole rings is 1. The second-order valence-electron chi connectivity index (χ2n) is 7.90. The molecule has 2 aromatic rings. The average Bonchev–Trinajstić information content (AvgIpc) is 3.30. The number of nitriles is 1. The van der Waals surface area contributed by atoms with Crippen LogP contribution in [0, 0.1) is 39.0 Å². The van der Waals surface area contributed by atoms with Crippen molar-refractivity contribution in [2.24, 2.45) is 0 Å². The summed E-state index contributed by atoms with van der Waals surface area (Å²) in [5.41, 5.74) is 5.16. The molecular weight excluding hydrogens is 396 g/mol. The van der Waals surface area contributed by atoms with E-state index in [1.165, 1.54) is 11.8 Å². The third-order valence-corrected chi connectivity index (χ3v) is 6.39. The molecule has 1 aromatic heterocycles. The predicted octanol–water partition coefficient (Wildman–Crippen LogP) is 4.33. The van der Waals surface area contributed by atoms with Crippen LogP contribution >= 0.6 is 11.8 Å². The number of hydrogen-bond donors (Lipinski definition) is 0. The number of ether oxygens (including phenoxy) is 1. The molecule has 1 aliphatic rings. The van der Waals surface area contributed by atoms with Gasteiger partial charge in [-0.2, -0.15) is 5.26 Å². The maximum atomic E-state index is 13.1. The lowest BCUT2D eigenvalue weighted by Gasteiger charge is -2.23. The summed E-state index contributed by atoms with van der Waals surface area (Å²) in [4.78, 5) is 19.5. The van der Waals surface area contributed by atoms with Gasteiger partial charge in [-0.15, -0.1) is 0 Å². The normalized spacial score (nSPS) is 15.9. The highest BCUT2D eigenvalue weighted by Crippen LogP contribution is 2.26. The van der Waals surface area contributed by atoms with Gasteiger partial charge in [0.05, 0.1) is 36.6 Å². The van der Waals surface area contributed by atoms with E-state index in [1.54, 1.807) is 4.90 Å². The van der Waals surface area contributed by atoms with E-state index in [2.05, 4.69) is 23.6 Å². The van der Waals surface area contributed by atoms with E-state index in [1.807, 2.05) is 32.9 Å². The Labute approximate surface area is 183 Å². The van der Waals surface area contributed by atoms with Gasteiger partial charge >= 0.3 is 0 Å². The van der Waals surface area contributed by atoms with Gasteiger partial charge < -0.3 is 14.2 Å². The zero-order chi connectivity index (χ0) is 21.7. The Morgan fingerprint density at radius 1 is 1.30 bits per heavy atom. The van der Waals surface area contributed by atoms with Crippen LogP contribution in [0.2, 0.25) is 0 Å². The Kier molecular flexibility index (Phi) is 7.57. The Hall–Kier alpha value is -2.30. The number of aromatic nitrogens is 2.